The topological polar surface area (TPSA) is 81.6 Å². The second-order valence-electron chi connectivity index (χ2n) is 8.99. The molecule has 1 atom stereocenters. The summed E-state index contributed by atoms with van der Waals surface area (Å²) in [6.45, 7) is 7.38. The molecule has 1 aliphatic rings. The van der Waals surface area contributed by atoms with Gasteiger partial charge < -0.3 is 24.3 Å². The lowest BCUT2D eigenvalue weighted by Gasteiger charge is -2.33. The Morgan fingerprint density at radius 1 is 1.00 bits per heavy atom. The number of methoxy groups -OCH3 is 3. The minimum Gasteiger partial charge on any atom is -0.493 e. The standard InChI is InChI=1S/C27H37N3O5/c1-18(2)17-35-26-16-21(11-13-24(26)33-5)28-27(31)22-9-7-8-14-30(22)29-19(3)20-10-12-23(32-4)25(15-20)34-6/h10-13,15-16,18,22H,7-9,14,17H2,1-6H3,(H,28,31)/b29-19+. The SMILES string of the molecule is COc1ccc(/C(C)=N/N2CCCCC2C(=O)Nc2ccc(OC)c(OCC(C)C)c2)cc1OC. The number of hydrogen-bond acceptors (Lipinski definition) is 7. The molecule has 1 saturated heterocycles. The summed E-state index contributed by atoms with van der Waals surface area (Å²) in [7, 11) is 4.82. The van der Waals surface area contributed by atoms with Gasteiger partial charge in [0.15, 0.2) is 23.0 Å². The molecule has 0 saturated carbocycles. The maximum Gasteiger partial charge on any atom is 0.248 e. The van der Waals surface area contributed by atoms with Gasteiger partial charge in [-0.1, -0.05) is 13.8 Å². The number of rotatable bonds is 10. The Morgan fingerprint density at radius 2 is 1.69 bits per heavy atom. The van der Waals surface area contributed by atoms with Gasteiger partial charge in [0.2, 0.25) is 5.91 Å². The summed E-state index contributed by atoms with van der Waals surface area (Å²) in [5, 5.41) is 9.76. The molecule has 0 bridgehead atoms. The van der Waals surface area contributed by atoms with E-state index in [4.69, 9.17) is 24.0 Å². The van der Waals surface area contributed by atoms with Crippen molar-refractivity contribution in [1.82, 2.24) is 5.01 Å². The van der Waals surface area contributed by atoms with Gasteiger partial charge in [0, 0.05) is 23.9 Å². The van der Waals surface area contributed by atoms with E-state index in [2.05, 4.69) is 19.2 Å². The van der Waals surface area contributed by atoms with Gasteiger partial charge >= 0.3 is 0 Å². The fraction of sp³-hybridized carbons (Fsp3) is 0.481. The maximum atomic E-state index is 13.3. The van der Waals surface area contributed by atoms with Gasteiger partial charge in [0.1, 0.15) is 6.04 Å². The van der Waals surface area contributed by atoms with Crippen LogP contribution in [0.25, 0.3) is 0 Å². The minimum absolute atomic E-state index is 0.0893. The molecule has 190 valence electrons. The monoisotopic (exact) mass is 483 g/mol. The number of carbonyl (C=O) groups excluding carboxylic acids is 1. The molecule has 0 aromatic heterocycles. The Labute approximate surface area is 208 Å². The molecule has 2 aromatic carbocycles. The maximum absolute atomic E-state index is 13.3. The third-order valence-corrected chi connectivity index (χ3v) is 5.86. The van der Waals surface area contributed by atoms with Gasteiger partial charge in [-0.25, -0.2) is 0 Å². The van der Waals surface area contributed by atoms with Gasteiger partial charge in [-0.2, -0.15) is 5.10 Å². The van der Waals surface area contributed by atoms with Crippen LogP contribution >= 0.6 is 0 Å². The quantitative estimate of drug-likeness (QED) is 0.481. The molecule has 1 unspecified atom stereocenters. The lowest BCUT2D eigenvalue weighted by Crippen LogP contribution is -2.44. The molecular formula is C27H37N3O5. The average Bonchev–Trinajstić information content (AvgIpc) is 2.87. The number of amides is 1. The molecule has 35 heavy (non-hydrogen) atoms. The van der Waals surface area contributed by atoms with Crippen molar-refractivity contribution in [3.8, 4) is 23.0 Å². The third-order valence-electron chi connectivity index (χ3n) is 5.86. The second-order valence-corrected chi connectivity index (χ2v) is 8.99. The molecule has 0 aliphatic carbocycles. The highest BCUT2D eigenvalue weighted by atomic mass is 16.5. The Balaban J connectivity index is 1.77. The summed E-state index contributed by atoms with van der Waals surface area (Å²) in [5.41, 5.74) is 2.38. The highest BCUT2D eigenvalue weighted by Crippen LogP contribution is 2.31. The van der Waals surface area contributed by atoms with Crippen LogP contribution in [0.3, 0.4) is 0 Å². The van der Waals surface area contributed by atoms with Crippen LogP contribution in [0.4, 0.5) is 5.69 Å². The fourth-order valence-corrected chi connectivity index (χ4v) is 3.96. The van der Waals surface area contributed by atoms with E-state index >= 15 is 0 Å². The zero-order chi connectivity index (χ0) is 25.4. The molecular weight excluding hydrogens is 446 g/mol. The number of anilines is 1. The van der Waals surface area contributed by atoms with Crippen molar-refractivity contribution >= 4 is 17.3 Å². The second kappa shape index (κ2) is 12.3. The molecule has 1 heterocycles. The van der Waals surface area contributed by atoms with Crippen LogP contribution in [0.2, 0.25) is 0 Å². The Morgan fingerprint density at radius 3 is 2.37 bits per heavy atom. The molecule has 3 rings (SSSR count). The van der Waals surface area contributed by atoms with Crippen LogP contribution in [-0.4, -0.2) is 57.2 Å². The van der Waals surface area contributed by atoms with Gasteiger partial charge in [-0.15, -0.1) is 0 Å². The zero-order valence-electron chi connectivity index (χ0n) is 21.6. The van der Waals surface area contributed by atoms with E-state index in [0.29, 0.717) is 47.8 Å². The van der Waals surface area contributed by atoms with Crippen molar-refractivity contribution in [1.29, 1.82) is 0 Å². The number of carbonyl (C=O) groups is 1. The number of hydrogen-bond donors (Lipinski definition) is 1. The van der Waals surface area contributed by atoms with E-state index in [1.165, 1.54) is 0 Å². The number of benzene rings is 2. The van der Waals surface area contributed by atoms with Crippen molar-refractivity contribution in [3.63, 3.8) is 0 Å². The third kappa shape index (κ3) is 6.81. The molecule has 0 spiro atoms. The first kappa shape index (κ1) is 26.2. The average molecular weight is 484 g/mol. The zero-order valence-corrected chi connectivity index (χ0v) is 21.6. The first-order valence-corrected chi connectivity index (χ1v) is 12.0. The van der Waals surface area contributed by atoms with Crippen LogP contribution in [0, 0.1) is 5.92 Å². The van der Waals surface area contributed by atoms with Crippen molar-refractivity contribution in [2.75, 3.05) is 39.8 Å². The predicted molar refractivity (Wildman–Crippen MR) is 138 cm³/mol. The first-order valence-electron chi connectivity index (χ1n) is 12.0. The Kier molecular flexibility index (Phi) is 9.23. The number of piperidine rings is 1. The van der Waals surface area contributed by atoms with Gasteiger partial charge in [0.05, 0.1) is 33.6 Å². The summed E-state index contributed by atoms with van der Waals surface area (Å²) in [4.78, 5) is 13.3. The van der Waals surface area contributed by atoms with Crippen molar-refractivity contribution in [2.24, 2.45) is 11.0 Å². The molecule has 1 N–H and O–H groups in total. The molecule has 1 amide bonds. The number of hydrazone groups is 1. The number of nitrogens with zero attached hydrogens (tertiary/aromatic N) is 2. The van der Waals surface area contributed by atoms with E-state index in [9.17, 15) is 4.79 Å². The molecule has 8 heteroatoms. The van der Waals surface area contributed by atoms with Crippen LogP contribution in [-0.2, 0) is 4.79 Å². The van der Waals surface area contributed by atoms with Crippen LogP contribution in [0.15, 0.2) is 41.5 Å². The summed E-state index contributed by atoms with van der Waals surface area (Å²) < 4.78 is 22.0. The van der Waals surface area contributed by atoms with Crippen molar-refractivity contribution < 1.29 is 23.7 Å². The minimum atomic E-state index is -0.360. The summed E-state index contributed by atoms with van der Waals surface area (Å²) in [6, 6.07) is 10.8. The Hall–Kier alpha value is -3.42. The smallest absolute Gasteiger partial charge is 0.248 e. The van der Waals surface area contributed by atoms with Gasteiger partial charge in [-0.05, 0) is 62.4 Å². The first-order chi connectivity index (χ1) is 16.9. The molecule has 1 fully saturated rings. The molecule has 1 aliphatic heterocycles. The van der Waals surface area contributed by atoms with Crippen molar-refractivity contribution in [3.05, 3.63) is 42.0 Å². The number of nitrogens with one attached hydrogen (secondary N) is 1. The summed E-state index contributed by atoms with van der Waals surface area (Å²) >= 11 is 0. The van der Waals surface area contributed by atoms with Crippen LogP contribution in [0.1, 0.15) is 45.6 Å². The highest BCUT2D eigenvalue weighted by Gasteiger charge is 2.28. The molecule has 8 nitrogen and oxygen atoms in total. The van der Waals surface area contributed by atoms with Crippen molar-refractivity contribution in [2.45, 2.75) is 46.1 Å². The number of ether oxygens (including phenoxy) is 4. The van der Waals surface area contributed by atoms with Gasteiger partial charge in [0.25, 0.3) is 0 Å². The fourth-order valence-electron chi connectivity index (χ4n) is 3.96. The summed E-state index contributed by atoms with van der Waals surface area (Å²) in [5.74, 6) is 2.84. The van der Waals surface area contributed by atoms with E-state index in [1.54, 1.807) is 21.3 Å². The van der Waals surface area contributed by atoms with E-state index in [1.807, 2.05) is 48.3 Å². The lowest BCUT2D eigenvalue weighted by molar-refractivity contribution is -0.122. The van der Waals surface area contributed by atoms with E-state index < -0.39 is 0 Å². The largest absolute Gasteiger partial charge is 0.493 e. The Bertz CT molecular complexity index is 1040. The van der Waals surface area contributed by atoms with E-state index in [-0.39, 0.29) is 11.9 Å². The molecule has 2 aromatic rings. The summed E-state index contributed by atoms with van der Waals surface area (Å²) in [6.07, 6.45) is 2.70. The van der Waals surface area contributed by atoms with Gasteiger partial charge in [-0.3, -0.25) is 9.80 Å². The normalized spacial score (nSPS) is 16.1. The predicted octanol–water partition coefficient (Wildman–Crippen LogP) is 4.96. The molecule has 0 radical (unpaired) electrons. The lowest BCUT2D eigenvalue weighted by atomic mass is 10.0. The van der Waals surface area contributed by atoms with Crippen LogP contribution in [0.5, 0.6) is 23.0 Å². The van der Waals surface area contributed by atoms with E-state index in [0.717, 1.165) is 30.5 Å². The van der Waals surface area contributed by atoms with Crippen LogP contribution < -0.4 is 24.3 Å². The highest BCUT2D eigenvalue weighted by molar-refractivity contribution is 5.99.